The van der Waals surface area contributed by atoms with Crippen molar-refractivity contribution in [2.75, 3.05) is 37.7 Å². The molecule has 0 bridgehead atoms. The maximum atomic E-state index is 11.9. The average molecular weight is 319 g/mol. The molecule has 1 heterocycles. The van der Waals surface area contributed by atoms with E-state index in [2.05, 4.69) is 24.1 Å². The Kier molecular flexibility index (Phi) is 7.62. The summed E-state index contributed by atoms with van der Waals surface area (Å²) in [5, 5.41) is 3.45. The van der Waals surface area contributed by atoms with Crippen LogP contribution in [-0.2, 0) is 14.6 Å². The number of sulfone groups is 1. The number of hydrogen-bond donors (Lipinski definition) is 2. The SMILES string of the molecule is CC(C)CN(CCS(=O)(=O)CCC(N)=O)CC1CCCN1. The van der Waals surface area contributed by atoms with Crippen molar-refractivity contribution in [3.63, 3.8) is 0 Å². The average Bonchev–Trinajstić information content (AvgIpc) is 2.86. The molecule has 7 heteroatoms. The zero-order chi connectivity index (χ0) is 15.9. The van der Waals surface area contributed by atoms with E-state index in [1.54, 1.807) is 0 Å². The van der Waals surface area contributed by atoms with Crippen LogP contribution in [0.15, 0.2) is 0 Å². The molecule has 1 aliphatic rings. The van der Waals surface area contributed by atoms with Gasteiger partial charge in [-0.2, -0.15) is 0 Å². The Balaban J connectivity index is 2.45. The lowest BCUT2D eigenvalue weighted by atomic mass is 10.1. The number of rotatable bonds is 10. The maximum absolute atomic E-state index is 11.9. The fourth-order valence-corrected chi connectivity index (χ4v) is 3.88. The first kappa shape index (κ1) is 18.4. The Hall–Kier alpha value is -0.660. The van der Waals surface area contributed by atoms with E-state index in [9.17, 15) is 13.2 Å². The zero-order valence-electron chi connectivity index (χ0n) is 13.2. The van der Waals surface area contributed by atoms with Gasteiger partial charge in [0.1, 0.15) is 0 Å². The Morgan fingerprint density at radius 2 is 2.10 bits per heavy atom. The number of nitrogens with zero attached hydrogens (tertiary/aromatic N) is 1. The molecule has 21 heavy (non-hydrogen) atoms. The van der Waals surface area contributed by atoms with Gasteiger partial charge in [0.25, 0.3) is 0 Å². The fraction of sp³-hybridized carbons (Fsp3) is 0.929. The van der Waals surface area contributed by atoms with Gasteiger partial charge in [0, 0.05) is 32.1 Å². The summed E-state index contributed by atoms with van der Waals surface area (Å²) in [7, 11) is -3.20. The predicted molar refractivity (Wildman–Crippen MR) is 84.8 cm³/mol. The molecule has 6 nitrogen and oxygen atoms in total. The number of carbonyl (C=O) groups is 1. The van der Waals surface area contributed by atoms with Crippen LogP contribution in [0.4, 0.5) is 0 Å². The van der Waals surface area contributed by atoms with Gasteiger partial charge in [-0.25, -0.2) is 8.42 Å². The van der Waals surface area contributed by atoms with Crippen molar-refractivity contribution in [2.45, 2.75) is 39.2 Å². The topological polar surface area (TPSA) is 92.5 Å². The summed E-state index contributed by atoms with van der Waals surface area (Å²) in [4.78, 5) is 12.9. The minimum atomic E-state index is -3.20. The third-order valence-corrected chi connectivity index (χ3v) is 5.27. The molecule has 0 spiro atoms. The number of primary amides is 1. The highest BCUT2D eigenvalue weighted by atomic mass is 32.2. The largest absolute Gasteiger partial charge is 0.370 e. The summed E-state index contributed by atoms with van der Waals surface area (Å²) in [6.07, 6.45) is 2.26. The number of hydrogen-bond acceptors (Lipinski definition) is 5. The molecule has 0 radical (unpaired) electrons. The fourth-order valence-electron chi connectivity index (χ4n) is 2.62. The van der Waals surface area contributed by atoms with Crippen molar-refractivity contribution in [1.82, 2.24) is 10.2 Å². The summed E-state index contributed by atoms with van der Waals surface area (Å²) in [6.45, 7) is 7.63. The standard InChI is InChI=1S/C14H29N3O3S/c1-12(2)10-17(11-13-4-3-6-16-13)7-9-21(19,20)8-5-14(15)18/h12-13,16H,3-11H2,1-2H3,(H2,15,18). The molecule has 0 saturated carbocycles. The van der Waals surface area contributed by atoms with Gasteiger partial charge in [0.05, 0.1) is 11.5 Å². The molecule has 0 aromatic heterocycles. The van der Waals surface area contributed by atoms with E-state index in [4.69, 9.17) is 5.73 Å². The summed E-state index contributed by atoms with van der Waals surface area (Å²) < 4.78 is 23.8. The van der Waals surface area contributed by atoms with Crippen LogP contribution in [-0.4, -0.2) is 63.0 Å². The first-order chi connectivity index (χ1) is 9.78. The number of carbonyl (C=O) groups excluding carboxylic acids is 1. The molecule has 3 N–H and O–H groups in total. The van der Waals surface area contributed by atoms with Crippen LogP contribution in [0.1, 0.15) is 33.1 Å². The molecular formula is C14H29N3O3S. The molecule has 1 aliphatic heterocycles. The van der Waals surface area contributed by atoms with Crippen LogP contribution in [0.2, 0.25) is 0 Å². The first-order valence-electron chi connectivity index (χ1n) is 7.73. The van der Waals surface area contributed by atoms with Gasteiger partial charge < -0.3 is 16.0 Å². The zero-order valence-corrected chi connectivity index (χ0v) is 14.0. The van der Waals surface area contributed by atoms with Crippen molar-refractivity contribution < 1.29 is 13.2 Å². The maximum Gasteiger partial charge on any atom is 0.218 e. The van der Waals surface area contributed by atoms with Crippen molar-refractivity contribution in [1.29, 1.82) is 0 Å². The minimum absolute atomic E-state index is 0.0866. The summed E-state index contributed by atoms with van der Waals surface area (Å²) in [6, 6.07) is 0.470. The molecule has 1 amide bonds. The van der Waals surface area contributed by atoms with E-state index >= 15 is 0 Å². The highest BCUT2D eigenvalue weighted by Crippen LogP contribution is 2.09. The molecule has 0 aromatic rings. The molecule has 1 atom stereocenters. The predicted octanol–water partition coefficient (Wildman–Crippen LogP) is -0.0134. The summed E-state index contributed by atoms with van der Waals surface area (Å²) in [5.41, 5.74) is 5.01. The Bertz CT molecular complexity index is 417. The van der Waals surface area contributed by atoms with Crippen molar-refractivity contribution >= 4 is 15.7 Å². The second kappa shape index (κ2) is 8.70. The van der Waals surface area contributed by atoms with Crippen molar-refractivity contribution in [3.05, 3.63) is 0 Å². The molecule has 1 fully saturated rings. The van der Waals surface area contributed by atoms with Crippen molar-refractivity contribution in [2.24, 2.45) is 11.7 Å². The molecule has 124 valence electrons. The van der Waals surface area contributed by atoms with Crippen LogP contribution < -0.4 is 11.1 Å². The number of nitrogens with one attached hydrogen (secondary N) is 1. The highest BCUT2D eigenvalue weighted by molar-refractivity contribution is 7.91. The number of nitrogens with two attached hydrogens (primary N) is 1. The molecule has 1 rings (SSSR count). The van der Waals surface area contributed by atoms with Crippen LogP contribution >= 0.6 is 0 Å². The van der Waals surface area contributed by atoms with Gasteiger partial charge >= 0.3 is 0 Å². The van der Waals surface area contributed by atoms with E-state index in [-0.39, 0.29) is 17.9 Å². The van der Waals surface area contributed by atoms with Crippen LogP contribution in [0, 0.1) is 5.92 Å². The smallest absolute Gasteiger partial charge is 0.218 e. The normalized spacial score (nSPS) is 19.5. The van der Waals surface area contributed by atoms with Gasteiger partial charge in [-0.05, 0) is 25.3 Å². The van der Waals surface area contributed by atoms with Crippen LogP contribution in [0.5, 0.6) is 0 Å². The second-order valence-corrected chi connectivity index (χ2v) is 8.62. The number of amides is 1. The van der Waals surface area contributed by atoms with E-state index < -0.39 is 15.7 Å². The first-order valence-corrected chi connectivity index (χ1v) is 9.55. The van der Waals surface area contributed by atoms with E-state index in [1.807, 2.05) is 0 Å². The molecule has 1 saturated heterocycles. The Labute approximate surface area is 128 Å². The van der Waals surface area contributed by atoms with Gasteiger partial charge in [-0.1, -0.05) is 13.8 Å². The third kappa shape index (κ3) is 8.38. The molecule has 0 aliphatic carbocycles. The van der Waals surface area contributed by atoms with Crippen LogP contribution in [0.25, 0.3) is 0 Å². The van der Waals surface area contributed by atoms with Crippen LogP contribution in [0.3, 0.4) is 0 Å². The molecular weight excluding hydrogens is 290 g/mol. The summed E-state index contributed by atoms with van der Waals surface area (Å²) in [5.74, 6) is -0.105. The Morgan fingerprint density at radius 1 is 1.38 bits per heavy atom. The van der Waals surface area contributed by atoms with E-state index in [0.29, 0.717) is 18.5 Å². The van der Waals surface area contributed by atoms with Gasteiger partial charge in [0.15, 0.2) is 9.84 Å². The molecule has 1 unspecified atom stereocenters. The second-order valence-electron chi connectivity index (χ2n) is 6.31. The van der Waals surface area contributed by atoms with Crippen molar-refractivity contribution in [3.8, 4) is 0 Å². The lowest BCUT2D eigenvalue weighted by molar-refractivity contribution is -0.117. The van der Waals surface area contributed by atoms with Gasteiger partial charge in [-0.15, -0.1) is 0 Å². The quantitative estimate of drug-likeness (QED) is 0.591. The van der Waals surface area contributed by atoms with E-state index in [0.717, 1.165) is 26.1 Å². The highest BCUT2D eigenvalue weighted by Gasteiger charge is 2.20. The minimum Gasteiger partial charge on any atom is -0.370 e. The molecule has 0 aromatic carbocycles. The van der Waals surface area contributed by atoms with E-state index in [1.165, 1.54) is 6.42 Å². The third-order valence-electron chi connectivity index (χ3n) is 3.64. The monoisotopic (exact) mass is 319 g/mol. The van der Waals surface area contributed by atoms with Gasteiger partial charge in [-0.3, -0.25) is 4.79 Å². The lowest BCUT2D eigenvalue weighted by Gasteiger charge is -2.27. The van der Waals surface area contributed by atoms with Gasteiger partial charge in [0.2, 0.25) is 5.91 Å². The Morgan fingerprint density at radius 3 is 2.62 bits per heavy atom. The lowest BCUT2D eigenvalue weighted by Crippen LogP contribution is -2.41. The summed E-state index contributed by atoms with van der Waals surface area (Å²) >= 11 is 0.